The Morgan fingerprint density at radius 2 is 1.94 bits per heavy atom. The number of carbonyl (C=O) groups excluding carboxylic acids is 2. The summed E-state index contributed by atoms with van der Waals surface area (Å²) in [6, 6.07) is 7.30. The van der Waals surface area contributed by atoms with Gasteiger partial charge in [-0.1, -0.05) is 0 Å². The molecule has 1 amide bonds. The third-order valence-electron chi connectivity index (χ3n) is 4.73. The van der Waals surface area contributed by atoms with Gasteiger partial charge >= 0.3 is 5.97 Å². The fourth-order valence-electron chi connectivity index (χ4n) is 3.31. The van der Waals surface area contributed by atoms with E-state index >= 15 is 0 Å². The normalized spacial score (nSPS) is 11.1. The zero-order valence-corrected chi connectivity index (χ0v) is 19.6. The predicted molar refractivity (Wildman–Crippen MR) is 125 cm³/mol. The standard InChI is InChI=1S/C22H21N3O5S2/c1-5-30-22(27)15-9-12-8-13(6-7-14(12)31-15)23-19(26)18-11(2)17-20(29-4)24-16(10-28-3)25-21(17)32-18/h6-9H,5,10H2,1-4H3,(H,23,26). The van der Waals surface area contributed by atoms with Crippen molar-refractivity contribution in [3.63, 3.8) is 0 Å². The molecule has 3 aromatic heterocycles. The summed E-state index contributed by atoms with van der Waals surface area (Å²) in [5.41, 5.74) is 1.38. The molecule has 4 aromatic rings. The van der Waals surface area contributed by atoms with Crippen LogP contribution in [0.25, 0.3) is 20.3 Å². The van der Waals surface area contributed by atoms with Gasteiger partial charge < -0.3 is 19.5 Å². The highest BCUT2D eigenvalue weighted by molar-refractivity contribution is 7.21. The van der Waals surface area contributed by atoms with Crippen LogP contribution in [0.15, 0.2) is 24.3 Å². The summed E-state index contributed by atoms with van der Waals surface area (Å²) in [5, 5.41) is 4.52. The number of amides is 1. The minimum atomic E-state index is -0.344. The van der Waals surface area contributed by atoms with Crippen LogP contribution in [0.4, 0.5) is 5.69 Å². The van der Waals surface area contributed by atoms with E-state index in [2.05, 4.69) is 15.3 Å². The molecule has 10 heteroatoms. The first-order valence-electron chi connectivity index (χ1n) is 9.80. The number of aryl methyl sites for hydroxylation is 1. The lowest BCUT2D eigenvalue weighted by atomic mass is 10.2. The molecule has 0 saturated heterocycles. The van der Waals surface area contributed by atoms with Crippen LogP contribution in [0.3, 0.4) is 0 Å². The van der Waals surface area contributed by atoms with Gasteiger partial charge in [0.2, 0.25) is 5.88 Å². The Balaban J connectivity index is 1.64. The van der Waals surface area contributed by atoms with Crippen LogP contribution < -0.4 is 10.1 Å². The van der Waals surface area contributed by atoms with Crippen molar-refractivity contribution in [2.24, 2.45) is 0 Å². The molecule has 0 aliphatic carbocycles. The lowest BCUT2D eigenvalue weighted by molar-refractivity contribution is 0.0532. The topological polar surface area (TPSA) is 99.6 Å². The molecule has 0 fully saturated rings. The molecule has 0 saturated carbocycles. The Hall–Kier alpha value is -3.08. The van der Waals surface area contributed by atoms with Gasteiger partial charge in [-0.25, -0.2) is 9.78 Å². The first-order chi connectivity index (χ1) is 15.4. The highest BCUT2D eigenvalue weighted by Gasteiger charge is 2.21. The number of hydrogen-bond acceptors (Lipinski definition) is 9. The monoisotopic (exact) mass is 471 g/mol. The number of fused-ring (bicyclic) bond motifs is 2. The zero-order valence-electron chi connectivity index (χ0n) is 18.0. The van der Waals surface area contributed by atoms with Gasteiger partial charge in [0.15, 0.2) is 5.82 Å². The molecule has 0 atom stereocenters. The molecule has 0 bridgehead atoms. The molecule has 0 aliphatic rings. The van der Waals surface area contributed by atoms with Crippen LogP contribution >= 0.6 is 22.7 Å². The molecular formula is C22H21N3O5S2. The minimum Gasteiger partial charge on any atom is -0.480 e. The molecule has 0 aliphatic heterocycles. The van der Waals surface area contributed by atoms with E-state index in [0.29, 0.717) is 38.6 Å². The van der Waals surface area contributed by atoms with Gasteiger partial charge in [0, 0.05) is 17.5 Å². The van der Waals surface area contributed by atoms with E-state index in [9.17, 15) is 9.59 Å². The van der Waals surface area contributed by atoms with Crippen LogP contribution in [-0.2, 0) is 16.1 Å². The Morgan fingerprint density at radius 1 is 1.12 bits per heavy atom. The van der Waals surface area contributed by atoms with Gasteiger partial charge in [-0.2, -0.15) is 4.98 Å². The summed E-state index contributed by atoms with van der Waals surface area (Å²) in [4.78, 5) is 35.7. The smallest absolute Gasteiger partial charge is 0.348 e. The van der Waals surface area contributed by atoms with Crippen LogP contribution in [-0.4, -0.2) is 42.7 Å². The molecule has 8 nitrogen and oxygen atoms in total. The first kappa shape index (κ1) is 22.1. The lowest BCUT2D eigenvalue weighted by Crippen LogP contribution is -2.11. The molecule has 166 valence electrons. The van der Waals surface area contributed by atoms with E-state index in [4.69, 9.17) is 14.2 Å². The molecular weight excluding hydrogens is 450 g/mol. The minimum absolute atomic E-state index is 0.249. The second-order valence-electron chi connectivity index (χ2n) is 6.86. The van der Waals surface area contributed by atoms with Gasteiger partial charge in [-0.3, -0.25) is 4.79 Å². The van der Waals surface area contributed by atoms with Crippen LogP contribution in [0, 0.1) is 6.92 Å². The quantitative estimate of drug-likeness (QED) is 0.387. The fourth-order valence-corrected chi connectivity index (χ4v) is 5.34. The molecule has 3 heterocycles. The molecule has 1 N–H and O–H groups in total. The number of aromatic nitrogens is 2. The lowest BCUT2D eigenvalue weighted by Gasteiger charge is -2.06. The molecule has 0 radical (unpaired) electrons. The predicted octanol–water partition coefficient (Wildman–Crippen LogP) is 4.80. The van der Waals surface area contributed by atoms with Crippen molar-refractivity contribution in [3.8, 4) is 5.88 Å². The number of nitrogens with zero attached hydrogens (tertiary/aromatic N) is 2. The second kappa shape index (κ2) is 9.19. The fraction of sp³-hybridized carbons (Fsp3) is 0.273. The first-order valence-corrected chi connectivity index (χ1v) is 11.4. The maximum absolute atomic E-state index is 13.1. The average molecular weight is 472 g/mol. The number of esters is 1. The summed E-state index contributed by atoms with van der Waals surface area (Å²) in [7, 11) is 3.11. The molecule has 32 heavy (non-hydrogen) atoms. The number of ether oxygens (including phenoxy) is 3. The summed E-state index contributed by atoms with van der Waals surface area (Å²) in [6.45, 7) is 4.20. The van der Waals surface area contributed by atoms with Gasteiger partial charge in [-0.05, 0) is 49.1 Å². The molecule has 0 spiro atoms. The van der Waals surface area contributed by atoms with Crippen LogP contribution in [0.5, 0.6) is 5.88 Å². The molecule has 1 aromatic carbocycles. The number of benzene rings is 1. The van der Waals surface area contributed by atoms with E-state index in [1.807, 2.05) is 25.1 Å². The summed E-state index contributed by atoms with van der Waals surface area (Å²) < 4.78 is 16.6. The number of nitrogens with one attached hydrogen (secondary N) is 1. The maximum Gasteiger partial charge on any atom is 0.348 e. The summed E-state index contributed by atoms with van der Waals surface area (Å²) in [5.74, 6) is 0.315. The van der Waals surface area contributed by atoms with Crippen molar-refractivity contribution in [1.29, 1.82) is 0 Å². The Morgan fingerprint density at radius 3 is 2.66 bits per heavy atom. The number of thiophene rings is 2. The number of methoxy groups -OCH3 is 2. The summed E-state index contributed by atoms with van der Waals surface area (Å²) >= 11 is 2.64. The van der Waals surface area contributed by atoms with Crippen molar-refractivity contribution in [1.82, 2.24) is 9.97 Å². The largest absolute Gasteiger partial charge is 0.480 e. The molecule has 0 unspecified atom stereocenters. The van der Waals surface area contributed by atoms with Gasteiger partial charge in [-0.15, -0.1) is 22.7 Å². The molecule has 4 rings (SSSR count). The number of anilines is 1. The van der Waals surface area contributed by atoms with Crippen LogP contribution in [0.1, 0.15) is 37.7 Å². The Labute approximate surface area is 192 Å². The van der Waals surface area contributed by atoms with Crippen molar-refractivity contribution in [3.05, 3.63) is 45.4 Å². The van der Waals surface area contributed by atoms with Crippen molar-refractivity contribution < 1.29 is 23.8 Å². The van der Waals surface area contributed by atoms with Gasteiger partial charge in [0.25, 0.3) is 5.91 Å². The Bertz CT molecular complexity index is 1330. The van der Waals surface area contributed by atoms with Crippen LogP contribution in [0.2, 0.25) is 0 Å². The van der Waals surface area contributed by atoms with Gasteiger partial charge in [0.05, 0.1) is 24.0 Å². The number of rotatable bonds is 7. The van der Waals surface area contributed by atoms with E-state index in [1.165, 1.54) is 29.8 Å². The third kappa shape index (κ3) is 4.16. The SMILES string of the molecule is CCOC(=O)c1cc2cc(NC(=O)c3sc4nc(COC)nc(OC)c4c3C)ccc2s1. The number of carbonyl (C=O) groups is 2. The third-order valence-corrected chi connectivity index (χ3v) is 7.01. The maximum atomic E-state index is 13.1. The zero-order chi connectivity index (χ0) is 22.8. The highest BCUT2D eigenvalue weighted by atomic mass is 32.1. The highest BCUT2D eigenvalue weighted by Crippen LogP contribution is 2.36. The van der Waals surface area contributed by atoms with E-state index in [-0.39, 0.29) is 18.5 Å². The van der Waals surface area contributed by atoms with E-state index in [1.54, 1.807) is 20.1 Å². The number of hydrogen-bond donors (Lipinski definition) is 1. The van der Waals surface area contributed by atoms with Crippen molar-refractivity contribution >= 4 is 60.5 Å². The van der Waals surface area contributed by atoms with Crippen molar-refractivity contribution in [2.75, 3.05) is 26.1 Å². The summed E-state index contributed by atoms with van der Waals surface area (Å²) in [6.07, 6.45) is 0. The van der Waals surface area contributed by atoms with E-state index in [0.717, 1.165) is 21.0 Å². The van der Waals surface area contributed by atoms with Gasteiger partial charge in [0.1, 0.15) is 16.3 Å². The van der Waals surface area contributed by atoms with E-state index < -0.39 is 0 Å². The second-order valence-corrected chi connectivity index (χ2v) is 8.94. The van der Waals surface area contributed by atoms with Crippen molar-refractivity contribution in [2.45, 2.75) is 20.5 Å². The Kier molecular flexibility index (Phi) is 6.35. The average Bonchev–Trinajstić information content (AvgIpc) is 3.34.